The van der Waals surface area contributed by atoms with E-state index >= 15 is 0 Å². The van der Waals surface area contributed by atoms with E-state index in [1.165, 1.54) is 17.0 Å². The van der Waals surface area contributed by atoms with Crippen molar-refractivity contribution in [3.63, 3.8) is 0 Å². The first-order valence-corrected chi connectivity index (χ1v) is 7.78. The van der Waals surface area contributed by atoms with Crippen molar-refractivity contribution in [2.24, 2.45) is 0 Å². The highest BCUT2D eigenvalue weighted by Crippen LogP contribution is 2.30. The van der Waals surface area contributed by atoms with E-state index in [1.807, 2.05) is 0 Å². The maximum absolute atomic E-state index is 12.5. The van der Waals surface area contributed by atoms with Crippen LogP contribution in [0.15, 0.2) is 42.5 Å². The molecular formula is C17H16Cl2N2O3. The molecule has 0 saturated carbocycles. The molecule has 0 aromatic heterocycles. The second kappa shape index (κ2) is 7.55. The summed E-state index contributed by atoms with van der Waals surface area (Å²) < 4.78 is 5.41. The molecule has 0 bridgehead atoms. The second-order valence-corrected chi connectivity index (χ2v) is 6.12. The van der Waals surface area contributed by atoms with E-state index in [9.17, 15) is 9.59 Å². The minimum Gasteiger partial charge on any atom is -0.444 e. The normalized spacial score (nSPS) is 11.7. The van der Waals surface area contributed by atoms with Crippen LogP contribution in [0, 0.1) is 0 Å². The van der Waals surface area contributed by atoms with Gasteiger partial charge in [0.1, 0.15) is 0 Å². The first-order valence-electron chi connectivity index (χ1n) is 7.03. The molecule has 24 heavy (non-hydrogen) atoms. The number of carbonyl (C=O) groups is 2. The maximum atomic E-state index is 12.5. The van der Waals surface area contributed by atoms with Gasteiger partial charge >= 0.3 is 5.97 Å². The van der Waals surface area contributed by atoms with E-state index in [0.29, 0.717) is 5.56 Å². The van der Waals surface area contributed by atoms with Gasteiger partial charge in [-0.15, -0.1) is 0 Å². The molecule has 0 spiro atoms. The van der Waals surface area contributed by atoms with Gasteiger partial charge in [0.05, 0.1) is 16.3 Å². The summed E-state index contributed by atoms with van der Waals surface area (Å²) in [5.74, 6) is -1.15. The van der Waals surface area contributed by atoms with E-state index in [1.54, 1.807) is 44.4 Å². The Labute approximate surface area is 149 Å². The number of nitrogen functional groups attached to an aromatic ring is 1. The van der Waals surface area contributed by atoms with Crippen LogP contribution in [0.2, 0.25) is 10.0 Å². The quantitative estimate of drug-likeness (QED) is 0.663. The van der Waals surface area contributed by atoms with Gasteiger partial charge in [0.25, 0.3) is 5.91 Å². The Bertz CT molecular complexity index is 764. The van der Waals surface area contributed by atoms with Crippen LogP contribution in [0.1, 0.15) is 22.0 Å². The zero-order valence-corrected chi connectivity index (χ0v) is 14.6. The Morgan fingerprint density at radius 2 is 1.75 bits per heavy atom. The molecule has 0 radical (unpaired) electrons. The fraction of sp³-hybridized carbons (Fsp3) is 0.176. The Balaban J connectivity index is 2.37. The molecule has 0 aliphatic heterocycles. The van der Waals surface area contributed by atoms with Crippen LogP contribution in [-0.4, -0.2) is 30.9 Å². The molecule has 2 aromatic rings. The average molecular weight is 367 g/mol. The molecule has 1 unspecified atom stereocenters. The van der Waals surface area contributed by atoms with Crippen molar-refractivity contribution in [3.8, 4) is 0 Å². The monoisotopic (exact) mass is 366 g/mol. The average Bonchev–Trinajstić information content (AvgIpc) is 2.55. The molecule has 0 saturated heterocycles. The van der Waals surface area contributed by atoms with Crippen LogP contribution < -0.4 is 5.73 Å². The highest BCUT2D eigenvalue weighted by atomic mass is 35.5. The summed E-state index contributed by atoms with van der Waals surface area (Å²) in [6, 6.07) is 11.5. The van der Waals surface area contributed by atoms with Gasteiger partial charge in [0, 0.05) is 24.7 Å². The van der Waals surface area contributed by atoms with Gasteiger partial charge < -0.3 is 15.4 Å². The van der Waals surface area contributed by atoms with Crippen LogP contribution in [0.5, 0.6) is 0 Å². The minimum atomic E-state index is -1.09. The summed E-state index contributed by atoms with van der Waals surface area (Å²) in [6.07, 6.45) is -1.09. The molecule has 2 rings (SSSR count). The molecule has 0 fully saturated rings. The molecule has 126 valence electrons. The number of benzene rings is 2. The SMILES string of the molecule is CN(C)C(=O)C(OC(=O)c1cc(Cl)cc(Cl)c1N)c1ccccc1. The first kappa shape index (κ1) is 18.1. The van der Waals surface area contributed by atoms with Gasteiger partial charge in [0.15, 0.2) is 0 Å². The summed E-state index contributed by atoms with van der Waals surface area (Å²) in [5.41, 5.74) is 6.43. The van der Waals surface area contributed by atoms with Gasteiger partial charge in [-0.05, 0) is 12.1 Å². The van der Waals surface area contributed by atoms with E-state index in [-0.39, 0.29) is 27.2 Å². The summed E-state index contributed by atoms with van der Waals surface area (Å²) in [6.45, 7) is 0. The van der Waals surface area contributed by atoms with Crippen molar-refractivity contribution in [3.05, 3.63) is 63.6 Å². The third kappa shape index (κ3) is 3.99. The molecule has 1 amide bonds. The third-order valence-electron chi connectivity index (χ3n) is 3.31. The first-order chi connectivity index (χ1) is 11.3. The number of halogens is 2. The van der Waals surface area contributed by atoms with E-state index in [2.05, 4.69) is 0 Å². The fourth-order valence-corrected chi connectivity index (χ4v) is 2.54. The third-order valence-corrected chi connectivity index (χ3v) is 3.84. The summed E-state index contributed by atoms with van der Waals surface area (Å²) >= 11 is 11.8. The van der Waals surface area contributed by atoms with Crippen LogP contribution in [0.4, 0.5) is 5.69 Å². The number of esters is 1. The Morgan fingerprint density at radius 1 is 1.12 bits per heavy atom. The highest BCUT2D eigenvalue weighted by Gasteiger charge is 2.28. The van der Waals surface area contributed by atoms with Gasteiger partial charge in [-0.3, -0.25) is 4.79 Å². The molecule has 0 heterocycles. The number of likely N-dealkylation sites (N-methyl/N-ethyl adjacent to an activating group) is 1. The van der Waals surface area contributed by atoms with Gasteiger partial charge in [-0.1, -0.05) is 53.5 Å². The zero-order chi connectivity index (χ0) is 17.9. The van der Waals surface area contributed by atoms with Crippen LogP contribution in [0.25, 0.3) is 0 Å². The second-order valence-electron chi connectivity index (χ2n) is 5.28. The number of ether oxygens (including phenoxy) is 1. The molecule has 0 aliphatic carbocycles. The minimum absolute atomic E-state index is 0.0139. The Kier molecular flexibility index (Phi) is 5.70. The Morgan fingerprint density at radius 3 is 2.33 bits per heavy atom. The fourth-order valence-electron chi connectivity index (χ4n) is 2.05. The van der Waals surface area contributed by atoms with Crippen molar-refractivity contribution in [1.29, 1.82) is 0 Å². The molecule has 0 aliphatic rings. The number of rotatable bonds is 4. The largest absolute Gasteiger partial charge is 0.444 e. The standard InChI is InChI=1S/C17H16Cl2N2O3/c1-21(2)16(22)15(10-6-4-3-5-7-10)24-17(23)12-8-11(18)9-13(19)14(12)20/h3-9,15H,20H2,1-2H3. The molecule has 2 N–H and O–H groups in total. The van der Waals surface area contributed by atoms with Crippen LogP contribution >= 0.6 is 23.2 Å². The van der Waals surface area contributed by atoms with Crippen LogP contribution in [0.3, 0.4) is 0 Å². The summed E-state index contributed by atoms with van der Waals surface area (Å²) in [7, 11) is 3.16. The van der Waals surface area contributed by atoms with E-state index < -0.39 is 12.1 Å². The van der Waals surface area contributed by atoms with Gasteiger partial charge in [-0.25, -0.2) is 4.79 Å². The number of hydrogen-bond donors (Lipinski definition) is 1. The number of amides is 1. The van der Waals surface area contributed by atoms with Crippen molar-refractivity contribution >= 4 is 40.8 Å². The predicted molar refractivity (Wildman–Crippen MR) is 94.2 cm³/mol. The molecule has 5 nitrogen and oxygen atoms in total. The van der Waals surface area contributed by atoms with Crippen LogP contribution in [-0.2, 0) is 9.53 Å². The zero-order valence-electron chi connectivity index (χ0n) is 13.1. The number of anilines is 1. The van der Waals surface area contributed by atoms with E-state index in [4.69, 9.17) is 33.7 Å². The van der Waals surface area contributed by atoms with Crippen molar-refractivity contribution in [2.75, 3.05) is 19.8 Å². The number of nitrogens with two attached hydrogens (primary N) is 1. The lowest BCUT2D eigenvalue weighted by molar-refractivity contribution is -0.138. The lowest BCUT2D eigenvalue weighted by atomic mass is 10.1. The summed E-state index contributed by atoms with van der Waals surface area (Å²) in [5, 5.41) is 0.390. The molecule has 1 atom stereocenters. The van der Waals surface area contributed by atoms with Gasteiger partial charge in [-0.2, -0.15) is 0 Å². The number of nitrogens with zero attached hydrogens (tertiary/aromatic N) is 1. The molecule has 2 aromatic carbocycles. The lowest BCUT2D eigenvalue weighted by Crippen LogP contribution is -2.31. The predicted octanol–water partition coefficient (Wildman–Crippen LogP) is 3.56. The number of carbonyl (C=O) groups excluding carboxylic acids is 2. The molecular weight excluding hydrogens is 351 g/mol. The lowest BCUT2D eigenvalue weighted by Gasteiger charge is -2.21. The van der Waals surface area contributed by atoms with Crippen molar-refractivity contribution in [1.82, 2.24) is 4.90 Å². The topological polar surface area (TPSA) is 72.6 Å². The smallest absolute Gasteiger partial charge is 0.341 e. The summed E-state index contributed by atoms with van der Waals surface area (Å²) in [4.78, 5) is 26.2. The number of hydrogen-bond acceptors (Lipinski definition) is 4. The van der Waals surface area contributed by atoms with Gasteiger partial charge in [0.2, 0.25) is 6.10 Å². The van der Waals surface area contributed by atoms with Crippen molar-refractivity contribution < 1.29 is 14.3 Å². The maximum Gasteiger partial charge on any atom is 0.341 e. The van der Waals surface area contributed by atoms with E-state index in [0.717, 1.165) is 0 Å². The van der Waals surface area contributed by atoms with Crippen molar-refractivity contribution in [2.45, 2.75) is 6.10 Å². The molecule has 7 heteroatoms. The highest BCUT2D eigenvalue weighted by molar-refractivity contribution is 6.37. The Hall–Kier alpha value is -2.24.